The lowest BCUT2D eigenvalue weighted by Crippen LogP contribution is -2.26. The number of methoxy groups -OCH3 is 1. The van der Waals surface area contributed by atoms with E-state index in [0.717, 1.165) is 5.56 Å². The molecule has 0 aliphatic carbocycles. The number of imidazole rings is 1. The molecule has 0 bridgehead atoms. The van der Waals surface area contributed by atoms with Crippen LogP contribution in [-0.2, 0) is 6.54 Å². The van der Waals surface area contributed by atoms with Crippen LogP contribution in [0, 0.1) is 10.1 Å². The summed E-state index contributed by atoms with van der Waals surface area (Å²) in [5.41, 5.74) is 8.23. The van der Waals surface area contributed by atoms with Crippen molar-refractivity contribution in [3.63, 3.8) is 0 Å². The van der Waals surface area contributed by atoms with E-state index >= 15 is 0 Å². The van der Waals surface area contributed by atoms with Crippen molar-refractivity contribution in [1.82, 2.24) is 14.7 Å². The number of carbonyl (C=O) groups is 1. The van der Waals surface area contributed by atoms with Gasteiger partial charge in [-0.1, -0.05) is 30.3 Å². The van der Waals surface area contributed by atoms with Crippen LogP contribution in [0.25, 0.3) is 16.9 Å². The summed E-state index contributed by atoms with van der Waals surface area (Å²) < 4.78 is 6.93. The standard InChI is InChI=1S/C25H26N6O4/c1-35-21-11-10-18(15-20(21)31(33)34)22-24(28-16-17-7-3-2-4-8-17)30-14-5-9-19(23(30)29-22)25(32)27-13-6-12-26/h2-5,7-11,14-15,28H,6,12-13,16,26H2,1H3,(H,27,32). The monoisotopic (exact) mass is 474 g/mol. The van der Waals surface area contributed by atoms with Crippen LogP contribution in [0.1, 0.15) is 22.3 Å². The molecule has 35 heavy (non-hydrogen) atoms. The number of hydrogen-bond acceptors (Lipinski definition) is 7. The van der Waals surface area contributed by atoms with Crippen LogP contribution in [-0.4, -0.2) is 40.4 Å². The van der Waals surface area contributed by atoms with Gasteiger partial charge >= 0.3 is 5.69 Å². The molecule has 0 aliphatic rings. The number of ether oxygens (including phenoxy) is 1. The number of aromatic nitrogens is 2. The number of nitro groups is 1. The number of amides is 1. The molecule has 4 rings (SSSR count). The molecule has 1 amide bonds. The Morgan fingerprint density at radius 2 is 1.97 bits per heavy atom. The highest BCUT2D eigenvalue weighted by molar-refractivity contribution is 6.01. The minimum absolute atomic E-state index is 0.154. The molecule has 0 atom stereocenters. The SMILES string of the molecule is COc1ccc(-c2nc3c(C(=O)NCCCN)cccn3c2NCc2ccccc2)cc1[N+](=O)[O-]. The second kappa shape index (κ2) is 10.7. The van der Waals surface area contributed by atoms with Crippen molar-refractivity contribution in [2.45, 2.75) is 13.0 Å². The Balaban J connectivity index is 1.83. The molecule has 0 aliphatic heterocycles. The Hall–Kier alpha value is -4.44. The van der Waals surface area contributed by atoms with E-state index in [1.54, 1.807) is 34.9 Å². The first-order valence-corrected chi connectivity index (χ1v) is 11.1. The summed E-state index contributed by atoms with van der Waals surface area (Å²) in [6, 6.07) is 18.0. The van der Waals surface area contributed by atoms with E-state index in [1.165, 1.54) is 13.2 Å². The molecule has 2 heterocycles. The van der Waals surface area contributed by atoms with E-state index in [1.807, 2.05) is 30.3 Å². The Morgan fingerprint density at radius 1 is 1.17 bits per heavy atom. The predicted octanol–water partition coefficient (Wildman–Crippen LogP) is 3.61. The van der Waals surface area contributed by atoms with E-state index in [-0.39, 0.29) is 17.3 Å². The number of pyridine rings is 1. The van der Waals surface area contributed by atoms with E-state index in [2.05, 4.69) is 10.6 Å². The van der Waals surface area contributed by atoms with Crippen LogP contribution in [0.3, 0.4) is 0 Å². The van der Waals surface area contributed by atoms with Crippen LogP contribution in [0.5, 0.6) is 5.75 Å². The summed E-state index contributed by atoms with van der Waals surface area (Å²) >= 11 is 0. The molecule has 0 saturated carbocycles. The Morgan fingerprint density at radius 3 is 2.69 bits per heavy atom. The van der Waals surface area contributed by atoms with Gasteiger partial charge in [0, 0.05) is 30.9 Å². The number of rotatable bonds is 10. The fourth-order valence-electron chi connectivity index (χ4n) is 3.78. The third kappa shape index (κ3) is 5.07. The zero-order valence-corrected chi connectivity index (χ0v) is 19.2. The zero-order valence-electron chi connectivity index (χ0n) is 19.2. The molecule has 0 radical (unpaired) electrons. The summed E-state index contributed by atoms with van der Waals surface area (Å²) in [6.07, 6.45) is 2.46. The summed E-state index contributed by atoms with van der Waals surface area (Å²) in [5, 5.41) is 17.9. The van der Waals surface area contributed by atoms with Gasteiger partial charge in [-0.05, 0) is 42.8 Å². The van der Waals surface area contributed by atoms with E-state index in [0.29, 0.717) is 54.3 Å². The van der Waals surface area contributed by atoms with Crippen molar-refractivity contribution >= 4 is 23.1 Å². The molecular weight excluding hydrogens is 448 g/mol. The largest absolute Gasteiger partial charge is 0.490 e. The van der Waals surface area contributed by atoms with Crippen LogP contribution in [0.15, 0.2) is 66.9 Å². The Kier molecular flexibility index (Phi) is 7.22. The molecular formula is C25H26N6O4. The van der Waals surface area contributed by atoms with Gasteiger partial charge in [0.25, 0.3) is 5.91 Å². The van der Waals surface area contributed by atoms with Crippen molar-refractivity contribution in [3.05, 3.63) is 88.1 Å². The minimum atomic E-state index is -0.495. The number of benzene rings is 2. The topological polar surface area (TPSA) is 137 Å². The third-order valence-electron chi connectivity index (χ3n) is 5.51. The molecule has 10 nitrogen and oxygen atoms in total. The summed E-state index contributed by atoms with van der Waals surface area (Å²) in [5.74, 6) is 0.497. The van der Waals surface area contributed by atoms with Crippen LogP contribution in [0.4, 0.5) is 11.5 Å². The van der Waals surface area contributed by atoms with Gasteiger partial charge in [0.15, 0.2) is 11.4 Å². The molecule has 0 saturated heterocycles. The zero-order chi connectivity index (χ0) is 24.8. The molecule has 2 aromatic carbocycles. The maximum atomic E-state index is 12.9. The lowest BCUT2D eigenvalue weighted by Gasteiger charge is -2.10. The highest BCUT2D eigenvalue weighted by Gasteiger charge is 2.22. The van der Waals surface area contributed by atoms with Gasteiger partial charge in [-0.3, -0.25) is 19.3 Å². The summed E-state index contributed by atoms with van der Waals surface area (Å²) in [7, 11) is 1.38. The number of carbonyl (C=O) groups excluding carboxylic acids is 1. The average Bonchev–Trinajstić information content (AvgIpc) is 3.26. The first-order chi connectivity index (χ1) is 17.0. The molecule has 0 fully saturated rings. The van der Waals surface area contributed by atoms with Gasteiger partial charge < -0.3 is 21.1 Å². The Bertz CT molecular complexity index is 1350. The first kappa shape index (κ1) is 23.7. The van der Waals surface area contributed by atoms with Crippen molar-refractivity contribution < 1.29 is 14.5 Å². The smallest absolute Gasteiger partial charge is 0.311 e. The number of nitro benzene ring substituents is 1. The minimum Gasteiger partial charge on any atom is -0.490 e. The molecule has 0 spiro atoms. The van der Waals surface area contributed by atoms with Gasteiger partial charge in [0.05, 0.1) is 17.6 Å². The van der Waals surface area contributed by atoms with Crippen LogP contribution < -0.4 is 21.1 Å². The predicted molar refractivity (Wildman–Crippen MR) is 134 cm³/mol. The maximum absolute atomic E-state index is 12.9. The number of anilines is 1. The number of nitrogens with one attached hydrogen (secondary N) is 2. The third-order valence-corrected chi connectivity index (χ3v) is 5.51. The summed E-state index contributed by atoms with van der Waals surface area (Å²) in [6.45, 7) is 1.42. The van der Waals surface area contributed by atoms with Crippen molar-refractivity contribution in [2.75, 3.05) is 25.5 Å². The van der Waals surface area contributed by atoms with Crippen molar-refractivity contribution in [3.8, 4) is 17.0 Å². The lowest BCUT2D eigenvalue weighted by molar-refractivity contribution is -0.385. The number of fused-ring (bicyclic) bond motifs is 1. The first-order valence-electron chi connectivity index (χ1n) is 11.1. The maximum Gasteiger partial charge on any atom is 0.311 e. The number of nitrogens with zero attached hydrogens (tertiary/aromatic N) is 3. The van der Waals surface area contributed by atoms with Crippen LogP contribution >= 0.6 is 0 Å². The van der Waals surface area contributed by atoms with Crippen LogP contribution in [0.2, 0.25) is 0 Å². The highest BCUT2D eigenvalue weighted by atomic mass is 16.6. The van der Waals surface area contributed by atoms with Gasteiger partial charge in [-0.2, -0.15) is 0 Å². The highest BCUT2D eigenvalue weighted by Crippen LogP contribution is 2.36. The average molecular weight is 475 g/mol. The Labute approximate surface area is 201 Å². The van der Waals surface area contributed by atoms with Gasteiger partial charge in [0.2, 0.25) is 0 Å². The van der Waals surface area contributed by atoms with E-state index < -0.39 is 4.92 Å². The van der Waals surface area contributed by atoms with Gasteiger partial charge in [-0.25, -0.2) is 4.98 Å². The molecule has 180 valence electrons. The van der Waals surface area contributed by atoms with Gasteiger partial charge in [0.1, 0.15) is 11.5 Å². The number of nitrogens with two attached hydrogens (primary N) is 1. The second-order valence-corrected chi connectivity index (χ2v) is 7.81. The molecule has 4 aromatic rings. The molecule has 10 heteroatoms. The van der Waals surface area contributed by atoms with Crippen molar-refractivity contribution in [2.24, 2.45) is 5.73 Å². The molecule has 2 aromatic heterocycles. The number of hydrogen-bond donors (Lipinski definition) is 3. The lowest BCUT2D eigenvalue weighted by atomic mass is 10.1. The normalized spacial score (nSPS) is 10.8. The second-order valence-electron chi connectivity index (χ2n) is 7.81. The van der Waals surface area contributed by atoms with Gasteiger partial charge in [-0.15, -0.1) is 0 Å². The fraction of sp³-hybridized carbons (Fsp3) is 0.200. The quantitative estimate of drug-likeness (QED) is 0.181. The van der Waals surface area contributed by atoms with Crippen molar-refractivity contribution in [1.29, 1.82) is 0 Å². The van der Waals surface area contributed by atoms with E-state index in [9.17, 15) is 14.9 Å². The van der Waals surface area contributed by atoms with E-state index in [4.69, 9.17) is 15.5 Å². The molecule has 4 N–H and O–H groups in total. The molecule has 0 unspecified atom stereocenters. The summed E-state index contributed by atoms with van der Waals surface area (Å²) in [4.78, 5) is 28.7. The fourth-order valence-corrected chi connectivity index (χ4v) is 3.78.